The molecule has 7 aromatic carbocycles. The second-order valence-corrected chi connectivity index (χ2v) is 12.2. The van der Waals surface area contributed by atoms with Crippen LogP contribution in [0.4, 0.5) is 0 Å². The lowest BCUT2D eigenvalue weighted by molar-refractivity contribution is 0.620. The van der Waals surface area contributed by atoms with Crippen LogP contribution in [0.15, 0.2) is 186 Å². The van der Waals surface area contributed by atoms with Gasteiger partial charge in [-0.2, -0.15) is 0 Å². The minimum Gasteiger partial charge on any atom is -0.436 e. The van der Waals surface area contributed by atoms with Gasteiger partial charge in [0.25, 0.3) is 0 Å². The molecule has 9 aromatic rings. The molecule has 2 heterocycles. The molecule has 0 aliphatic rings. The van der Waals surface area contributed by atoms with Crippen LogP contribution < -0.4 is 0 Å². The van der Waals surface area contributed by atoms with Crippen molar-refractivity contribution in [3.8, 4) is 67.2 Å². The van der Waals surface area contributed by atoms with Crippen LogP contribution in [0.3, 0.4) is 0 Å². The van der Waals surface area contributed by atoms with Gasteiger partial charge in [-0.3, -0.25) is 0 Å². The summed E-state index contributed by atoms with van der Waals surface area (Å²) in [6, 6.07) is 63.6. The van der Waals surface area contributed by atoms with E-state index in [4.69, 9.17) is 14.4 Å². The average molecular weight is 627 g/mol. The Morgan fingerprint density at radius 2 is 0.857 bits per heavy atom. The zero-order valence-electron chi connectivity index (χ0n) is 26.6. The van der Waals surface area contributed by atoms with Crippen molar-refractivity contribution in [3.63, 3.8) is 0 Å². The number of aromatic nitrogens is 2. The largest absolute Gasteiger partial charge is 0.436 e. The van der Waals surface area contributed by atoms with Crippen molar-refractivity contribution in [2.75, 3.05) is 0 Å². The molecule has 49 heavy (non-hydrogen) atoms. The van der Waals surface area contributed by atoms with Crippen LogP contribution in [0.1, 0.15) is 0 Å². The number of rotatable bonds is 6. The number of para-hydroxylation sites is 2. The van der Waals surface area contributed by atoms with Gasteiger partial charge >= 0.3 is 0 Å². The van der Waals surface area contributed by atoms with Gasteiger partial charge in [0.15, 0.2) is 5.58 Å². The lowest BCUT2D eigenvalue weighted by Gasteiger charge is -2.14. The van der Waals surface area contributed by atoms with Crippen LogP contribution in [0, 0.1) is 0 Å². The Labute approximate surface area is 284 Å². The second kappa shape index (κ2) is 12.2. The first-order chi connectivity index (χ1) is 24.2. The normalized spacial score (nSPS) is 11.3. The molecule has 0 aliphatic heterocycles. The maximum atomic E-state index is 6.18. The summed E-state index contributed by atoms with van der Waals surface area (Å²) < 4.78 is 6.18. The number of nitrogens with zero attached hydrogens (tertiary/aromatic N) is 2. The highest BCUT2D eigenvalue weighted by Gasteiger charge is 2.15. The van der Waals surface area contributed by atoms with Gasteiger partial charge in [0.05, 0.1) is 11.2 Å². The van der Waals surface area contributed by atoms with Crippen molar-refractivity contribution < 1.29 is 4.42 Å². The summed E-state index contributed by atoms with van der Waals surface area (Å²) in [6.45, 7) is 0. The molecule has 0 aliphatic carbocycles. The number of pyridine rings is 1. The van der Waals surface area contributed by atoms with Gasteiger partial charge in [0.1, 0.15) is 5.52 Å². The van der Waals surface area contributed by atoms with Crippen molar-refractivity contribution in [1.82, 2.24) is 9.97 Å². The van der Waals surface area contributed by atoms with Crippen molar-refractivity contribution in [2.24, 2.45) is 0 Å². The molecule has 0 spiro atoms. The first-order valence-corrected chi connectivity index (χ1v) is 16.5. The van der Waals surface area contributed by atoms with Crippen LogP contribution in [0.5, 0.6) is 0 Å². The zero-order valence-corrected chi connectivity index (χ0v) is 26.6. The predicted octanol–water partition coefficient (Wildman–Crippen LogP) is 12.4. The monoisotopic (exact) mass is 626 g/mol. The summed E-state index contributed by atoms with van der Waals surface area (Å²) in [5.41, 5.74) is 14.7. The Morgan fingerprint density at radius 1 is 0.327 bits per heavy atom. The Kier molecular flexibility index (Phi) is 7.14. The SMILES string of the molecule is c1ccc(-c2cccc(-c3ccc4nc(-c5cccc(-c6ccccc6)c5)cc(-c5cccc(-c6nc7ccccc7o6)c5)c4c3)c2)cc1. The molecule has 0 saturated carbocycles. The molecule has 2 aromatic heterocycles. The topological polar surface area (TPSA) is 38.9 Å². The molecule has 0 fully saturated rings. The van der Waals surface area contributed by atoms with E-state index in [0.717, 1.165) is 66.6 Å². The van der Waals surface area contributed by atoms with Crippen LogP contribution in [0.2, 0.25) is 0 Å². The van der Waals surface area contributed by atoms with Crippen LogP contribution in [-0.4, -0.2) is 9.97 Å². The lowest BCUT2D eigenvalue weighted by Crippen LogP contribution is -1.92. The predicted molar refractivity (Wildman–Crippen MR) is 202 cm³/mol. The van der Waals surface area contributed by atoms with E-state index in [0.29, 0.717) is 5.89 Å². The standard InChI is InChI=1S/C46H30N2O/c1-3-12-31(13-4-1)33-16-9-18-35(26-33)36-24-25-42-41(29-36)40(30-44(47-42)38-20-10-17-34(27-38)32-14-5-2-6-15-32)37-19-11-21-39(28-37)46-48-43-22-7-8-23-45(43)49-46/h1-30H. The fraction of sp³-hybridized carbons (Fsp3) is 0. The van der Waals surface area contributed by atoms with Crippen LogP contribution in [-0.2, 0) is 0 Å². The average Bonchev–Trinajstić information content (AvgIpc) is 3.63. The summed E-state index contributed by atoms with van der Waals surface area (Å²) in [6.07, 6.45) is 0. The van der Waals surface area contributed by atoms with Crippen molar-refractivity contribution in [2.45, 2.75) is 0 Å². The third-order valence-electron chi connectivity index (χ3n) is 9.09. The zero-order chi connectivity index (χ0) is 32.6. The van der Waals surface area contributed by atoms with Gasteiger partial charge in [0.2, 0.25) is 5.89 Å². The molecule has 0 amide bonds. The highest BCUT2D eigenvalue weighted by atomic mass is 16.3. The van der Waals surface area contributed by atoms with Gasteiger partial charge in [-0.15, -0.1) is 0 Å². The summed E-state index contributed by atoms with van der Waals surface area (Å²) >= 11 is 0. The van der Waals surface area contributed by atoms with Crippen molar-refractivity contribution >= 4 is 22.0 Å². The molecule has 0 unspecified atom stereocenters. The smallest absolute Gasteiger partial charge is 0.227 e. The van der Waals surface area contributed by atoms with Gasteiger partial charge in [-0.05, 0) is 99.1 Å². The highest BCUT2D eigenvalue weighted by molar-refractivity contribution is 6.00. The maximum Gasteiger partial charge on any atom is 0.227 e. The summed E-state index contributed by atoms with van der Waals surface area (Å²) in [7, 11) is 0. The molecule has 3 heteroatoms. The molecular weight excluding hydrogens is 597 g/mol. The van der Waals surface area contributed by atoms with Crippen molar-refractivity contribution in [3.05, 3.63) is 182 Å². The van der Waals surface area contributed by atoms with Gasteiger partial charge < -0.3 is 4.42 Å². The van der Waals surface area contributed by atoms with Gasteiger partial charge in [-0.25, -0.2) is 9.97 Å². The summed E-state index contributed by atoms with van der Waals surface area (Å²) in [4.78, 5) is 10.0. The fourth-order valence-electron chi connectivity index (χ4n) is 6.61. The molecule has 9 rings (SSSR count). The molecule has 0 radical (unpaired) electrons. The molecule has 230 valence electrons. The molecule has 0 saturated heterocycles. The number of benzene rings is 7. The summed E-state index contributed by atoms with van der Waals surface area (Å²) in [5.74, 6) is 0.607. The van der Waals surface area contributed by atoms with Crippen LogP contribution in [0.25, 0.3) is 89.2 Å². The second-order valence-electron chi connectivity index (χ2n) is 12.2. The van der Waals surface area contributed by atoms with E-state index >= 15 is 0 Å². The Hall–Kier alpha value is -6.58. The van der Waals surface area contributed by atoms with E-state index in [1.165, 1.54) is 16.7 Å². The minimum atomic E-state index is 0.607. The van der Waals surface area contributed by atoms with Crippen LogP contribution >= 0.6 is 0 Å². The Bertz CT molecular complexity index is 2570. The van der Waals surface area contributed by atoms with Crippen molar-refractivity contribution in [1.29, 1.82) is 0 Å². The quantitative estimate of drug-likeness (QED) is 0.184. The number of hydrogen-bond donors (Lipinski definition) is 0. The molecular formula is C46H30N2O. The summed E-state index contributed by atoms with van der Waals surface area (Å²) in [5, 5.41) is 1.08. The molecule has 0 atom stereocenters. The maximum absolute atomic E-state index is 6.18. The Balaban J connectivity index is 1.21. The third kappa shape index (κ3) is 5.58. The van der Waals surface area contributed by atoms with Gasteiger partial charge in [-0.1, -0.05) is 127 Å². The molecule has 0 N–H and O–H groups in total. The van der Waals surface area contributed by atoms with E-state index in [2.05, 4.69) is 152 Å². The number of fused-ring (bicyclic) bond motifs is 2. The van der Waals surface area contributed by atoms with E-state index in [1.54, 1.807) is 0 Å². The number of hydrogen-bond acceptors (Lipinski definition) is 3. The molecule has 0 bridgehead atoms. The third-order valence-corrected chi connectivity index (χ3v) is 9.09. The first-order valence-electron chi connectivity index (χ1n) is 16.5. The fourth-order valence-corrected chi connectivity index (χ4v) is 6.61. The van der Waals surface area contributed by atoms with E-state index in [-0.39, 0.29) is 0 Å². The van der Waals surface area contributed by atoms with E-state index < -0.39 is 0 Å². The lowest BCUT2D eigenvalue weighted by atomic mass is 9.93. The Morgan fingerprint density at radius 3 is 1.57 bits per heavy atom. The molecule has 3 nitrogen and oxygen atoms in total. The van der Waals surface area contributed by atoms with E-state index in [1.807, 2.05) is 30.3 Å². The first kappa shape index (κ1) is 28.6. The van der Waals surface area contributed by atoms with E-state index in [9.17, 15) is 0 Å². The minimum absolute atomic E-state index is 0.607. The highest BCUT2D eigenvalue weighted by Crippen LogP contribution is 2.38. The number of oxazole rings is 1. The van der Waals surface area contributed by atoms with Gasteiger partial charge in [0, 0.05) is 16.5 Å².